The number of amides is 4. The summed E-state index contributed by atoms with van der Waals surface area (Å²) in [6.07, 6.45) is -3.65. The van der Waals surface area contributed by atoms with E-state index in [1.807, 2.05) is 6.07 Å². The summed E-state index contributed by atoms with van der Waals surface area (Å²) in [6.45, 7) is 0.489. The zero-order chi connectivity index (χ0) is 27.8. The minimum Gasteiger partial charge on any atom is -0.356 e. The molecule has 0 radical (unpaired) electrons. The van der Waals surface area contributed by atoms with E-state index >= 15 is 0 Å². The Kier molecular flexibility index (Phi) is 7.86. The number of rotatable bonds is 8. The molecule has 5 rings (SSSR count). The second-order valence-corrected chi connectivity index (χ2v) is 10.8. The van der Waals surface area contributed by atoms with Crippen LogP contribution in [-0.4, -0.2) is 71.3 Å². The van der Waals surface area contributed by atoms with E-state index in [0.717, 1.165) is 4.90 Å². The van der Waals surface area contributed by atoms with Crippen molar-refractivity contribution in [1.29, 1.82) is 5.26 Å². The fraction of sp³-hybridized carbons (Fsp3) is 0.792. The molecule has 2 aliphatic carbocycles. The molecule has 14 heteroatoms. The largest absolute Gasteiger partial charge is 0.471 e. The minimum absolute atomic E-state index is 0.0504. The maximum atomic E-state index is 14.9. The number of nitrogens with one attached hydrogen (secondary N) is 3. The number of hydrogen-bond donors (Lipinski definition) is 3. The molecule has 3 aliphatic heterocycles. The van der Waals surface area contributed by atoms with E-state index in [4.69, 9.17) is 0 Å². The Balaban J connectivity index is 1.56. The first-order chi connectivity index (χ1) is 17.8. The quantitative estimate of drug-likeness (QED) is 0.399. The first kappa shape index (κ1) is 28.0. The molecule has 0 aromatic rings. The summed E-state index contributed by atoms with van der Waals surface area (Å²) in [7, 11) is 0. The smallest absolute Gasteiger partial charge is 0.356 e. The standard InChI is InChI=1S/C24H30F5N5O4/c25-23(26)10-15-5-6-16(23)18(20(36)32-14(11-30)9-13-2-1-7-31-19(13)35)34(15)21(37)17(8-12-3-4-12)33-22(38)24(27,28)29/h12-18H,1-10H2,(H,31,35)(H,32,36)(H,33,38)/t13-,14-,15-,16-,17-,18-/m0/s1. The summed E-state index contributed by atoms with van der Waals surface area (Å²) in [6, 6.07) is -3.81. The molecule has 6 atom stereocenters. The van der Waals surface area contributed by atoms with Gasteiger partial charge in [-0.05, 0) is 44.4 Å². The van der Waals surface area contributed by atoms with Crippen molar-refractivity contribution in [2.45, 2.75) is 94.1 Å². The molecule has 5 fully saturated rings. The second kappa shape index (κ2) is 10.6. The lowest BCUT2D eigenvalue weighted by Gasteiger charge is -2.54. The first-order valence-corrected chi connectivity index (χ1v) is 12.9. The summed E-state index contributed by atoms with van der Waals surface area (Å²) >= 11 is 0. The Morgan fingerprint density at radius 3 is 2.39 bits per heavy atom. The molecule has 0 spiro atoms. The summed E-state index contributed by atoms with van der Waals surface area (Å²) in [5.74, 6) is -10.2. The molecule has 38 heavy (non-hydrogen) atoms. The van der Waals surface area contributed by atoms with Crippen LogP contribution in [0.5, 0.6) is 0 Å². The van der Waals surface area contributed by atoms with Crippen molar-refractivity contribution in [3.05, 3.63) is 0 Å². The highest BCUT2D eigenvalue weighted by atomic mass is 19.4. The van der Waals surface area contributed by atoms with Crippen LogP contribution in [0.25, 0.3) is 0 Å². The number of nitriles is 1. The Morgan fingerprint density at radius 2 is 1.82 bits per heavy atom. The Morgan fingerprint density at radius 1 is 1.11 bits per heavy atom. The lowest BCUT2D eigenvalue weighted by Crippen LogP contribution is -2.71. The van der Waals surface area contributed by atoms with Gasteiger partial charge in [0.25, 0.3) is 5.92 Å². The van der Waals surface area contributed by atoms with Gasteiger partial charge in [-0.25, -0.2) is 8.78 Å². The van der Waals surface area contributed by atoms with Gasteiger partial charge in [0.05, 0.1) is 12.0 Å². The van der Waals surface area contributed by atoms with Crippen LogP contribution in [0.15, 0.2) is 0 Å². The van der Waals surface area contributed by atoms with E-state index in [-0.39, 0.29) is 37.5 Å². The molecule has 0 aromatic heterocycles. The number of fused-ring (bicyclic) bond motifs is 3. The molecular formula is C24H30F5N5O4. The molecular weight excluding hydrogens is 517 g/mol. The average Bonchev–Trinajstić information content (AvgIpc) is 3.66. The van der Waals surface area contributed by atoms with Crippen LogP contribution in [0.4, 0.5) is 22.0 Å². The summed E-state index contributed by atoms with van der Waals surface area (Å²) in [5, 5.41) is 16.4. The number of piperidine rings is 3. The highest BCUT2D eigenvalue weighted by Gasteiger charge is 2.61. The number of halogens is 5. The van der Waals surface area contributed by atoms with Gasteiger partial charge < -0.3 is 20.9 Å². The number of carbonyl (C=O) groups is 4. The van der Waals surface area contributed by atoms with Gasteiger partial charge in [0.1, 0.15) is 18.1 Å². The Hall–Kier alpha value is -2.98. The topological polar surface area (TPSA) is 131 Å². The molecule has 5 aliphatic rings. The van der Waals surface area contributed by atoms with Crippen molar-refractivity contribution < 1.29 is 41.1 Å². The summed E-state index contributed by atoms with van der Waals surface area (Å²) in [4.78, 5) is 51.6. The molecule has 4 amide bonds. The van der Waals surface area contributed by atoms with Crippen molar-refractivity contribution in [2.24, 2.45) is 17.8 Å². The summed E-state index contributed by atoms with van der Waals surface area (Å²) < 4.78 is 68.8. The number of alkyl halides is 5. The third kappa shape index (κ3) is 6.02. The average molecular weight is 548 g/mol. The van der Waals surface area contributed by atoms with E-state index in [9.17, 15) is 46.4 Å². The van der Waals surface area contributed by atoms with Gasteiger partial charge in [0.2, 0.25) is 17.7 Å². The first-order valence-electron chi connectivity index (χ1n) is 12.9. The monoisotopic (exact) mass is 547 g/mol. The lowest BCUT2D eigenvalue weighted by atomic mass is 9.71. The molecule has 3 saturated heterocycles. The van der Waals surface area contributed by atoms with Crippen molar-refractivity contribution >= 4 is 23.6 Å². The van der Waals surface area contributed by atoms with Crippen LogP contribution in [0.2, 0.25) is 0 Å². The van der Waals surface area contributed by atoms with Gasteiger partial charge in [0, 0.05) is 24.9 Å². The summed E-state index contributed by atoms with van der Waals surface area (Å²) in [5.41, 5.74) is 0. The molecule has 210 valence electrons. The molecule has 3 N–H and O–H groups in total. The van der Waals surface area contributed by atoms with Crippen LogP contribution < -0.4 is 16.0 Å². The predicted octanol–water partition coefficient (Wildman–Crippen LogP) is 1.77. The molecule has 9 nitrogen and oxygen atoms in total. The molecule has 2 saturated carbocycles. The van der Waals surface area contributed by atoms with Gasteiger partial charge in [0.15, 0.2) is 0 Å². The minimum atomic E-state index is -5.25. The normalized spacial score (nSPS) is 30.0. The van der Waals surface area contributed by atoms with E-state index in [0.29, 0.717) is 32.2 Å². The van der Waals surface area contributed by atoms with E-state index in [2.05, 4.69) is 10.6 Å². The fourth-order valence-electron chi connectivity index (χ4n) is 5.90. The van der Waals surface area contributed by atoms with Crippen LogP contribution in [0.1, 0.15) is 57.8 Å². The van der Waals surface area contributed by atoms with E-state index in [1.165, 1.54) is 0 Å². The van der Waals surface area contributed by atoms with Gasteiger partial charge in [-0.15, -0.1) is 0 Å². The molecule has 0 aromatic carbocycles. The third-order valence-electron chi connectivity index (χ3n) is 7.98. The SMILES string of the molecule is N#C[C@H](C[C@@H]1CCCNC1=O)NC(=O)[C@@H]1[C@@H]2CC[C@@H](CC2(F)F)N1C(=O)[C@H](CC1CC1)NC(=O)C(F)(F)F. The predicted molar refractivity (Wildman–Crippen MR) is 120 cm³/mol. The molecule has 0 unspecified atom stereocenters. The Labute approximate surface area is 215 Å². The van der Waals surface area contributed by atoms with Crippen LogP contribution >= 0.6 is 0 Å². The number of carbonyl (C=O) groups excluding carboxylic acids is 4. The highest BCUT2D eigenvalue weighted by Crippen LogP contribution is 2.49. The highest BCUT2D eigenvalue weighted by molar-refractivity contribution is 5.94. The third-order valence-corrected chi connectivity index (χ3v) is 7.98. The second-order valence-electron chi connectivity index (χ2n) is 10.8. The number of hydrogen-bond acceptors (Lipinski definition) is 5. The number of nitrogens with zero attached hydrogens (tertiary/aromatic N) is 2. The van der Waals surface area contributed by atoms with Crippen LogP contribution in [-0.2, 0) is 19.2 Å². The zero-order valence-electron chi connectivity index (χ0n) is 20.5. The Bertz CT molecular complexity index is 1010. The molecule has 2 bridgehead atoms. The van der Waals surface area contributed by atoms with Gasteiger partial charge in [-0.2, -0.15) is 18.4 Å². The van der Waals surface area contributed by atoms with Crippen molar-refractivity contribution in [3.63, 3.8) is 0 Å². The van der Waals surface area contributed by atoms with Gasteiger partial charge in [-0.1, -0.05) is 12.8 Å². The fourth-order valence-corrected chi connectivity index (χ4v) is 5.90. The maximum Gasteiger partial charge on any atom is 0.471 e. The van der Waals surface area contributed by atoms with E-state index in [1.54, 1.807) is 5.32 Å². The van der Waals surface area contributed by atoms with Crippen molar-refractivity contribution in [3.8, 4) is 6.07 Å². The van der Waals surface area contributed by atoms with Gasteiger partial charge in [-0.3, -0.25) is 19.2 Å². The maximum absolute atomic E-state index is 14.9. The van der Waals surface area contributed by atoms with Gasteiger partial charge >= 0.3 is 12.1 Å². The van der Waals surface area contributed by atoms with Crippen LogP contribution in [0.3, 0.4) is 0 Å². The lowest BCUT2D eigenvalue weighted by molar-refractivity contribution is -0.196. The van der Waals surface area contributed by atoms with E-state index < -0.39 is 72.2 Å². The van der Waals surface area contributed by atoms with Crippen LogP contribution in [0, 0.1) is 29.1 Å². The van der Waals surface area contributed by atoms with Crippen molar-refractivity contribution in [1.82, 2.24) is 20.9 Å². The van der Waals surface area contributed by atoms with Crippen molar-refractivity contribution in [2.75, 3.05) is 6.54 Å². The zero-order valence-corrected chi connectivity index (χ0v) is 20.5. The molecule has 3 heterocycles.